The maximum absolute atomic E-state index is 12.6. The van der Waals surface area contributed by atoms with Crippen molar-refractivity contribution in [3.8, 4) is 29.6 Å². The van der Waals surface area contributed by atoms with Gasteiger partial charge in [0.1, 0.15) is 12.4 Å². The first-order valence-corrected chi connectivity index (χ1v) is 9.29. The van der Waals surface area contributed by atoms with Gasteiger partial charge < -0.3 is 14.2 Å². The first-order valence-electron chi connectivity index (χ1n) is 8.91. The quantitative estimate of drug-likeness (QED) is 0.350. The van der Waals surface area contributed by atoms with E-state index in [-0.39, 0.29) is 6.61 Å². The Morgan fingerprint density at radius 3 is 2.50 bits per heavy atom. The van der Waals surface area contributed by atoms with Crippen molar-refractivity contribution in [1.29, 1.82) is 0 Å². The van der Waals surface area contributed by atoms with E-state index < -0.39 is 5.91 Å². The van der Waals surface area contributed by atoms with E-state index >= 15 is 0 Å². The number of methoxy groups -OCH3 is 2. The van der Waals surface area contributed by atoms with Crippen molar-refractivity contribution >= 4 is 34.5 Å². The smallest absolute Gasteiger partial charge is 0.275 e. The predicted molar refractivity (Wildman–Crippen MR) is 118 cm³/mol. The van der Waals surface area contributed by atoms with E-state index in [0.717, 1.165) is 10.8 Å². The summed E-state index contributed by atoms with van der Waals surface area (Å²) >= 11 is 6.24. The number of benzene rings is 3. The minimum atomic E-state index is -0.402. The molecule has 0 aliphatic rings. The van der Waals surface area contributed by atoms with E-state index in [0.29, 0.717) is 33.4 Å². The number of rotatable bonds is 7. The van der Waals surface area contributed by atoms with Crippen molar-refractivity contribution < 1.29 is 19.0 Å². The standard InChI is InChI=1S/C23H19ClN2O4/c1-4-9-30-22-19(24)10-15(11-21(22)29-3)14-25-26-23(27)18-12-16-7-5-6-8-17(16)13-20(18)28-2/h1,5-8,10-14H,9H2,2-3H3,(H,26,27)/b25-14-. The summed E-state index contributed by atoms with van der Waals surface area (Å²) in [7, 11) is 3.01. The molecule has 0 fully saturated rings. The summed E-state index contributed by atoms with van der Waals surface area (Å²) in [6, 6.07) is 14.6. The monoisotopic (exact) mass is 422 g/mol. The Hall–Kier alpha value is -3.69. The average Bonchev–Trinajstić information content (AvgIpc) is 2.76. The van der Waals surface area contributed by atoms with E-state index in [4.69, 9.17) is 32.2 Å². The molecule has 3 aromatic carbocycles. The largest absolute Gasteiger partial charge is 0.496 e. The number of terminal acetylenes is 1. The first kappa shape index (κ1) is 21.0. The van der Waals surface area contributed by atoms with Gasteiger partial charge in [0.2, 0.25) is 0 Å². The maximum Gasteiger partial charge on any atom is 0.275 e. The Kier molecular flexibility index (Phi) is 6.79. The Morgan fingerprint density at radius 1 is 1.13 bits per heavy atom. The van der Waals surface area contributed by atoms with Crippen LogP contribution in [-0.2, 0) is 0 Å². The molecule has 0 aromatic heterocycles. The number of nitrogens with one attached hydrogen (secondary N) is 1. The molecular weight excluding hydrogens is 404 g/mol. The van der Waals surface area contributed by atoms with Gasteiger partial charge >= 0.3 is 0 Å². The summed E-state index contributed by atoms with van der Waals surface area (Å²) in [6.45, 7) is 0.0627. The van der Waals surface area contributed by atoms with E-state index in [1.54, 1.807) is 18.2 Å². The summed E-state index contributed by atoms with van der Waals surface area (Å²) in [5.41, 5.74) is 3.49. The predicted octanol–water partition coefficient (Wildman–Crippen LogP) is 4.29. The summed E-state index contributed by atoms with van der Waals surface area (Å²) in [4.78, 5) is 12.6. The fourth-order valence-electron chi connectivity index (χ4n) is 2.86. The number of carbonyl (C=O) groups excluding carboxylic acids is 1. The van der Waals surface area contributed by atoms with Crippen LogP contribution in [0.25, 0.3) is 10.8 Å². The highest BCUT2D eigenvalue weighted by Gasteiger charge is 2.14. The molecule has 0 unspecified atom stereocenters. The molecule has 3 aromatic rings. The number of halogens is 1. The minimum absolute atomic E-state index is 0.0627. The zero-order valence-corrected chi connectivity index (χ0v) is 17.2. The molecule has 1 N–H and O–H groups in total. The van der Waals surface area contributed by atoms with Crippen LogP contribution in [0.4, 0.5) is 0 Å². The third kappa shape index (κ3) is 4.65. The van der Waals surface area contributed by atoms with Crippen LogP contribution in [0.1, 0.15) is 15.9 Å². The zero-order valence-electron chi connectivity index (χ0n) is 16.4. The van der Waals surface area contributed by atoms with Gasteiger partial charge in [-0.1, -0.05) is 41.8 Å². The fraction of sp³-hybridized carbons (Fsp3) is 0.130. The van der Waals surface area contributed by atoms with Gasteiger partial charge in [-0.15, -0.1) is 6.42 Å². The lowest BCUT2D eigenvalue weighted by Gasteiger charge is -2.11. The van der Waals surface area contributed by atoms with E-state index in [1.165, 1.54) is 20.4 Å². The van der Waals surface area contributed by atoms with Gasteiger partial charge in [0.25, 0.3) is 5.91 Å². The molecule has 152 valence electrons. The molecule has 0 aliphatic carbocycles. The molecule has 0 aliphatic heterocycles. The second-order valence-corrected chi connectivity index (χ2v) is 6.53. The van der Waals surface area contributed by atoms with Crippen LogP contribution in [0, 0.1) is 12.3 Å². The number of fused-ring (bicyclic) bond motifs is 1. The Morgan fingerprint density at radius 2 is 1.83 bits per heavy atom. The average molecular weight is 423 g/mol. The lowest BCUT2D eigenvalue weighted by molar-refractivity contribution is 0.0952. The summed E-state index contributed by atoms with van der Waals surface area (Å²) in [5.74, 6) is 3.18. The van der Waals surface area contributed by atoms with Gasteiger partial charge in [0.05, 0.1) is 31.0 Å². The minimum Gasteiger partial charge on any atom is -0.496 e. The molecule has 0 radical (unpaired) electrons. The van der Waals surface area contributed by atoms with Crippen molar-refractivity contribution in [2.75, 3.05) is 20.8 Å². The lowest BCUT2D eigenvalue weighted by Crippen LogP contribution is -2.18. The van der Waals surface area contributed by atoms with Crippen molar-refractivity contribution in [2.24, 2.45) is 5.10 Å². The third-order valence-corrected chi connectivity index (χ3v) is 4.52. The van der Waals surface area contributed by atoms with Crippen molar-refractivity contribution in [1.82, 2.24) is 5.43 Å². The van der Waals surface area contributed by atoms with Gasteiger partial charge in [-0.2, -0.15) is 5.10 Å². The van der Waals surface area contributed by atoms with Crippen LogP contribution in [0.2, 0.25) is 5.02 Å². The number of amides is 1. The molecular formula is C23H19ClN2O4. The van der Waals surface area contributed by atoms with Crippen molar-refractivity contribution in [3.05, 3.63) is 64.7 Å². The van der Waals surface area contributed by atoms with Crippen LogP contribution < -0.4 is 19.6 Å². The SMILES string of the molecule is C#CCOc1c(Cl)cc(/C=N\NC(=O)c2cc3ccccc3cc2OC)cc1OC. The van der Waals surface area contributed by atoms with Gasteiger partial charge in [0, 0.05) is 0 Å². The van der Waals surface area contributed by atoms with Gasteiger partial charge in [0.15, 0.2) is 11.5 Å². The highest BCUT2D eigenvalue weighted by atomic mass is 35.5. The Labute approximate surface area is 179 Å². The normalized spacial score (nSPS) is 10.6. The van der Waals surface area contributed by atoms with Crippen LogP contribution in [0.15, 0.2) is 53.6 Å². The molecule has 0 bridgehead atoms. The van der Waals surface area contributed by atoms with E-state index in [9.17, 15) is 4.79 Å². The molecule has 0 spiro atoms. The number of ether oxygens (including phenoxy) is 3. The molecule has 0 saturated carbocycles. The molecule has 7 heteroatoms. The van der Waals surface area contributed by atoms with E-state index in [2.05, 4.69) is 16.4 Å². The van der Waals surface area contributed by atoms with Crippen LogP contribution in [0.5, 0.6) is 17.2 Å². The molecule has 3 rings (SSSR count). The third-order valence-electron chi connectivity index (χ3n) is 4.24. The van der Waals surface area contributed by atoms with Crippen LogP contribution >= 0.6 is 11.6 Å². The summed E-state index contributed by atoms with van der Waals surface area (Å²) in [6.07, 6.45) is 6.66. The van der Waals surface area contributed by atoms with Gasteiger partial charge in [-0.25, -0.2) is 5.43 Å². The first-order chi connectivity index (χ1) is 14.6. The zero-order chi connectivity index (χ0) is 21.5. The number of carbonyl (C=O) groups is 1. The molecule has 0 heterocycles. The second kappa shape index (κ2) is 9.68. The van der Waals surface area contributed by atoms with Gasteiger partial charge in [-0.05, 0) is 40.6 Å². The summed E-state index contributed by atoms with van der Waals surface area (Å²) in [5, 5.41) is 6.23. The summed E-state index contributed by atoms with van der Waals surface area (Å²) < 4.78 is 16.0. The Balaban J connectivity index is 1.80. The van der Waals surface area contributed by atoms with Gasteiger partial charge in [-0.3, -0.25) is 4.79 Å². The van der Waals surface area contributed by atoms with Crippen LogP contribution in [-0.4, -0.2) is 32.9 Å². The Bertz CT molecular complexity index is 1150. The highest BCUT2D eigenvalue weighted by Crippen LogP contribution is 2.36. The molecule has 0 saturated heterocycles. The topological polar surface area (TPSA) is 69.2 Å². The lowest BCUT2D eigenvalue weighted by atomic mass is 10.1. The number of hydrogen-bond donors (Lipinski definition) is 1. The number of hydrogen-bond acceptors (Lipinski definition) is 5. The van der Waals surface area contributed by atoms with Crippen LogP contribution in [0.3, 0.4) is 0 Å². The van der Waals surface area contributed by atoms with Crippen molar-refractivity contribution in [2.45, 2.75) is 0 Å². The fourth-order valence-corrected chi connectivity index (χ4v) is 3.13. The molecule has 1 amide bonds. The van der Waals surface area contributed by atoms with E-state index in [1.807, 2.05) is 30.3 Å². The second-order valence-electron chi connectivity index (χ2n) is 6.13. The highest BCUT2D eigenvalue weighted by molar-refractivity contribution is 6.32. The number of nitrogens with zero attached hydrogens (tertiary/aromatic N) is 1. The molecule has 30 heavy (non-hydrogen) atoms. The molecule has 6 nitrogen and oxygen atoms in total. The maximum atomic E-state index is 12.6. The molecule has 0 atom stereocenters. The van der Waals surface area contributed by atoms with Crippen molar-refractivity contribution in [3.63, 3.8) is 0 Å². The number of hydrazone groups is 1.